The fraction of sp³-hybridized carbons (Fsp3) is 0.889. The van der Waals surface area contributed by atoms with E-state index in [1.54, 1.807) is 6.92 Å². The summed E-state index contributed by atoms with van der Waals surface area (Å²) in [6.45, 7) is 7.08. The van der Waals surface area contributed by atoms with E-state index in [0.717, 1.165) is 6.42 Å². The summed E-state index contributed by atoms with van der Waals surface area (Å²) in [6, 6.07) is 0. The van der Waals surface area contributed by atoms with Crippen molar-refractivity contribution in [3.63, 3.8) is 0 Å². The highest BCUT2D eigenvalue weighted by molar-refractivity contribution is 5.78. The monoisotopic (exact) mass is 174 g/mol. The van der Waals surface area contributed by atoms with Crippen molar-refractivity contribution in [2.45, 2.75) is 40.3 Å². The summed E-state index contributed by atoms with van der Waals surface area (Å²) in [6.07, 6.45) is -1.09. The first-order valence-corrected chi connectivity index (χ1v) is 4.26. The summed E-state index contributed by atoms with van der Waals surface area (Å²) < 4.78 is 7.06. The maximum atomic E-state index is 11.3. The third-order valence-electron chi connectivity index (χ3n) is 1.58. The highest BCUT2D eigenvalue weighted by atomic mass is 16.3. The molecule has 0 fully saturated rings. The number of aliphatic hydroxyl groups is 1. The quantitative estimate of drug-likeness (QED) is 0.627. The van der Waals surface area contributed by atoms with Crippen LogP contribution in [0.15, 0.2) is 0 Å². The number of hydrogen-bond acceptors (Lipinski definition) is 2. The SMILES string of the molecule is [2H]C(C)(O)NC(=O)C(C)CC(C)C. The number of carbonyl (C=O) groups excluding carboxylic acids is 1. The average Bonchev–Trinajstić information content (AvgIpc) is 1.81. The van der Waals surface area contributed by atoms with E-state index in [0.29, 0.717) is 5.92 Å². The van der Waals surface area contributed by atoms with Crippen LogP contribution in [0.4, 0.5) is 0 Å². The van der Waals surface area contributed by atoms with Gasteiger partial charge >= 0.3 is 0 Å². The molecule has 3 nitrogen and oxygen atoms in total. The van der Waals surface area contributed by atoms with E-state index in [1.807, 2.05) is 13.8 Å². The summed E-state index contributed by atoms with van der Waals surface area (Å²) in [7, 11) is 0. The van der Waals surface area contributed by atoms with E-state index in [9.17, 15) is 4.79 Å². The molecule has 0 radical (unpaired) electrons. The minimum Gasteiger partial charge on any atom is -0.374 e. The van der Waals surface area contributed by atoms with Gasteiger partial charge in [-0.1, -0.05) is 20.8 Å². The number of nitrogens with one attached hydrogen (secondary N) is 1. The molecule has 2 unspecified atom stereocenters. The lowest BCUT2D eigenvalue weighted by Crippen LogP contribution is -2.36. The van der Waals surface area contributed by atoms with Gasteiger partial charge in [0, 0.05) is 5.92 Å². The smallest absolute Gasteiger partial charge is 0.224 e. The first-order chi connectivity index (χ1) is 5.72. The number of hydrogen-bond donors (Lipinski definition) is 2. The molecule has 2 N–H and O–H groups in total. The van der Waals surface area contributed by atoms with E-state index >= 15 is 0 Å². The van der Waals surface area contributed by atoms with Crippen molar-refractivity contribution in [1.82, 2.24) is 5.32 Å². The first kappa shape index (κ1) is 9.52. The Morgan fingerprint density at radius 1 is 1.50 bits per heavy atom. The van der Waals surface area contributed by atoms with Crippen LogP contribution in [0.1, 0.15) is 35.5 Å². The Morgan fingerprint density at radius 3 is 2.33 bits per heavy atom. The Labute approximate surface area is 75.6 Å². The van der Waals surface area contributed by atoms with Crippen molar-refractivity contribution in [1.29, 1.82) is 0 Å². The van der Waals surface area contributed by atoms with Crippen LogP contribution in [0, 0.1) is 11.8 Å². The Morgan fingerprint density at radius 2 is 2.00 bits per heavy atom. The molecule has 0 aliphatic rings. The highest BCUT2D eigenvalue weighted by Crippen LogP contribution is 2.10. The Balaban J connectivity index is 3.97. The Hall–Kier alpha value is -0.570. The second-order valence-electron chi connectivity index (χ2n) is 3.61. The van der Waals surface area contributed by atoms with Crippen molar-refractivity contribution in [3.05, 3.63) is 0 Å². The van der Waals surface area contributed by atoms with Gasteiger partial charge < -0.3 is 10.4 Å². The van der Waals surface area contributed by atoms with Crippen molar-refractivity contribution >= 4 is 5.91 Å². The fourth-order valence-electron chi connectivity index (χ4n) is 1.12. The van der Waals surface area contributed by atoms with Gasteiger partial charge in [0.1, 0.15) is 6.20 Å². The summed E-state index contributed by atoms with van der Waals surface area (Å²) >= 11 is 0. The van der Waals surface area contributed by atoms with Gasteiger partial charge in [0.05, 0.1) is 1.37 Å². The summed E-state index contributed by atoms with van der Waals surface area (Å²) in [5.74, 6) is 0.0157. The van der Waals surface area contributed by atoms with E-state index in [-0.39, 0.29) is 11.8 Å². The van der Waals surface area contributed by atoms with Crippen LogP contribution in [0.2, 0.25) is 0 Å². The van der Waals surface area contributed by atoms with Crippen LogP contribution in [-0.2, 0) is 4.79 Å². The second-order valence-corrected chi connectivity index (χ2v) is 3.61. The molecule has 3 heteroatoms. The molecule has 0 aliphatic heterocycles. The van der Waals surface area contributed by atoms with Gasteiger partial charge in [0.2, 0.25) is 5.91 Å². The lowest BCUT2D eigenvalue weighted by molar-refractivity contribution is -0.127. The summed E-state index contributed by atoms with van der Waals surface area (Å²) in [5.41, 5.74) is 0. The Bertz CT molecular complexity index is 175. The first-order valence-electron chi connectivity index (χ1n) is 4.76. The van der Waals surface area contributed by atoms with Crippen LogP contribution in [0.25, 0.3) is 0 Å². The minimum atomic E-state index is -1.86. The fourth-order valence-corrected chi connectivity index (χ4v) is 1.12. The van der Waals surface area contributed by atoms with Crippen molar-refractivity contribution in [2.24, 2.45) is 11.8 Å². The van der Waals surface area contributed by atoms with Gasteiger partial charge in [-0.2, -0.15) is 0 Å². The third kappa shape index (κ3) is 5.13. The van der Waals surface area contributed by atoms with Gasteiger partial charge in [-0.15, -0.1) is 0 Å². The standard InChI is InChI=1S/C9H19NO2/c1-6(2)5-7(3)9(12)10-8(4)11/h6-8,11H,5H2,1-4H3,(H,10,12)/i8D. The third-order valence-corrected chi connectivity index (χ3v) is 1.58. The molecule has 0 aliphatic carbocycles. The Kier molecular flexibility index (Phi) is 4.08. The van der Waals surface area contributed by atoms with E-state index in [2.05, 4.69) is 5.32 Å². The topological polar surface area (TPSA) is 49.3 Å². The average molecular weight is 174 g/mol. The molecular weight excluding hydrogens is 154 g/mol. The minimum absolute atomic E-state index is 0.156. The largest absolute Gasteiger partial charge is 0.374 e. The maximum absolute atomic E-state index is 11.3. The zero-order valence-electron chi connectivity index (χ0n) is 9.22. The van der Waals surface area contributed by atoms with E-state index in [1.165, 1.54) is 6.92 Å². The molecule has 1 amide bonds. The molecule has 2 atom stereocenters. The van der Waals surface area contributed by atoms with Crippen molar-refractivity contribution in [3.8, 4) is 0 Å². The molecule has 0 aromatic heterocycles. The van der Waals surface area contributed by atoms with Crippen LogP contribution in [-0.4, -0.2) is 17.2 Å². The second kappa shape index (κ2) is 5.14. The van der Waals surface area contributed by atoms with Gasteiger partial charge in [-0.25, -0.2) is 0 Å². The molecule has 0 saturated carbocycles. The molecule has 0 saturated heterocycles. The molecule has 72 valence electrons. The summed E-state index contributed by atoms with van der Waals surface area (Å²) in [5, 5.41) is 11.2. The lowest BCUT2D eigenvalue weighted by Gasteiger charge is -2.15. The molecule has 0 heterocycles. The van der Waals surface area contributed by atoms with Gasteiger partial charge in [0.25, 0.3) is 0 Å². The highest BCUT2D eigenvalue weighted by Gasteiger charge is 2.14. The molecular formula is C9H19NO2. The molecule has 0 bridgehead atoms. The van der Waals surface area contributed by atoms with Gasteiger partial charge in [-0.05, 0) is 19.3 Å². The van der Waals surface area contributed by atoms with Gasteiger partial charge in [0.15, 0.2) is 0 Å². The zero-order chi connectivity index (χ0) is 10.6. The lowest BCUT2D eigenvalue weighted by atomic mass is 9.98. The van der Waals surface area contributed by atoms with Crippen molar-refractivity contribution in [2.75, 3.05) is 0 Å². The predicted molar refractivity (Wildman–Crippen MR) is 48.4 cm³/mol. The van der Waals surface area contributed by atoms with Crippen LogP contribution in [0.3, 0.4) is 0 Å². The predicted octanol–water partition coefficient (Wildman–Crippen LogP) is 1.12. The molecule has 0 rings (SSSR count). The molecule has 0 spiro atoms. The molecule has 0 aromatic carbocycles. The molecule has 12 heavy (non-hydrogen) atoms. The zero-order valence-corrected chi connectivity index (χ0v) is 8.22. The molecule has 0 aromatic rings. The summed E-state index contributed by atoms with van der Waals surface area (Å²) in [4.78, 5) is 11.3. The van der Waals surface area contributed by atoms with Crippen LogP contribution in [0.5, 0.6) is 0 Å². The van der Waals surface area contributed by atoms with Crippen molar-refractivity contribution < 1.29 is 11.3 Å². The number of amides is 1. The number of carbonyl (C=O) groups is 1. The van der Waals surface area contributed by atoms with Crippen LogP contribution < -0.4 is 5.32 Å². The number of rotatable bonds is 4. The van der Waals surface area contributed by atoms with Gasteiger partial charge in [-0.3, -0.25) is 4.79 Å². The maximum Gasteiger partial charge on any atom is 0.224 e. The van der Waals surface area contributed by atoms with E-state index in [4.69, 9.17) is 6.48 Å². The van der Waals surface area contributed by atoms with E-state index < -0.39 is 6.20 Å². The van der Waals surface area contributed by atoms with Crippen LogP contribution >= 0.6 is 0 Å². The normalized spacial score (nSPS) is 19.7.